The summed E-state index contributed by atoms with van der Waals surface area (Å²) < 4.78 is 40.5. The van der Waals surface area contributed by atoms with Crippen LogP contribution in [0.25, 0.3) is 5.65 Å². The molecule has 0 aromatic carbocycles. The number of nitrogens with two attached hydrogens (primary N) is 1. The molecule has 2 aromatic rings. The maximum atomic E-state index is 13.0. The molecule has 2 aromatic heterocycles. The number of pyridine rings is 1. The summed E-state index contributed by atoms with van der Waals surface area (Å²) in [6.45, 7) is 3.75. The largest absolute Gasteiger partial charge is 0.419 e. The summed E-state index contributed by atoms with van der Waals surface area (Å²) in [6.07, 6.45) is -2.66. The first-order chi connectivity index (χ1) is 9.21. The Hall–Kier alpha value is -1.63. The SMILES string of the molecule is CC(C)c1nc2c(C(F)(F)F)cccn2c1CC(N)=S. The van der Waals surface area contributed by atoms with E-state index in [4.69, 9.17) is 18.0 Å². The number of thiocarbonyl (C=S) groups is 1. The fraction of sp³-hybridized carbons (Fsp3) is 0.385. The third-order valence-electron chi connectivity index (χ3n) is 2.97. The number of fused-ring (bicyclic) bond motifs is 1. The summed E-state index contributed by atoms with van der Waals surface area (Å²) in [5.41, 5.74) is 5.89. The van der Waals surface area contributed by atoms with Gasteiger partial charge in [-0.25, -0.2) is 4.98 Å². The van der Waals surface area contributed by atoms with Gasteiger partial charge in [-0.3, -0.25) is 0 Å². The molecule has 0 saturated carbocycles. The lowest BCUT2D eigenvalue weighted by Gasteiger charge is -2.09. The van der Waals surface area contributed by atoms with Crippen molar-refractivity contribution in [3.8, 4) is 0 Å². The summed E-state index contributed by atoms with van der Waals surface area (Å²) in [6, 6.07) is 2.38. The fourth-order valence-electron chi connectivity index (χ4n) is 2.16. The Kier molecular flexibility index (Phi) is 3.73. The Morgan fingerprint density at radius 3 is 2.60 bits per heavy atom. The van der Waals surface area contributed by atoms with Crippen LogP contribution in [0.2, 0.25) is 0 Å². The summed E-state index contributed by atoms with van der Waals surface area (Å²) in [4.78, 5) is 4.39. The molecule has 0 radical (unpaired) electrons. The highest BCUT2D eigenvalue weighted by Gasteiger charge is 2.34. The highest BCUT2D eigenvalue weighted by molar-refractivity contribution is 7.80. The molecule has 0 saturated heterocycles. The van der Waals surface area contributed by atoms with Crippen LogP contribution in [0.5, 0.6) is 0 Å². The van der Waals surface area contributed by atoms with Crippen molar-refractivity contribution in [2.75, 3.05) is 0 Å². The van der Waals surface area contributed by atoms with Crippen molar-refractivity contribution in [2.45, 2.75) is 32.4 Å². The minimum absolute atomic E-state index is 0.0136. The lowest BCUT2D eigenvalue weighted by atomic mass is 10.1. The van der Waals surface area contributed by atoms with Crippen LogP contribution in [0.15, 0.2) is 18.3 Å². The van der Waals surface area contributed by atoms with Gasteiger partial charge in [0.25, 0.3) is 0 Å². The zero-order valence-electron chi connectivity index (χ0n) is 11.0. The van der Waals surface area contributed by atoms with Crippen LogP contribution in [0.3, 0.4) is 0 Å². The van der Waals surface area contributed by atoms with Crippen LogP contribution in [0.4, 0.5) is 13.2 Å². The standard InChI is InChI=1S/C13H14F3N3S/c1-7(2)11-9(6-10(17)20)19-5-3-4-8(12(19)18-11)13(14,15)16/h3-5,7H,6H2,1-2H3,(H2,17,20). The number of hydrogen-bond acceptors (Lipinski definition) is 2. The van der Waals surface area contributed by atoms with Crippen molar-refractivity contribution >= 4 is 22.9 Å². The van der Waals surface area contributed by atoms with E-state index in [1.165, 1.54) is 10.5 Å². The van der Waals surface area contributed by atoms with Crippen LogP contribution >= 0.6 is 12.2 Å². The number of rotatable bonds is 3. The van der Waals surface area contributed by atoms with Gasteiger partial charge in [-0.1, -0.05) is 26.1 Å². The normalized spacial score (nSPS) is 12.3. The van der Waals surface area contributed by atoms with Crippen molar-refractivity contribution in [1.82, 2.24) is 9.38 Å². The third kappa shape index (κ3) is 2.63. The van der Waals surface area contributed by atoms with Gasteiger partial charge in [0.05, 0.1) is 21.9 Å². The van der Waals surface area contributed by atoms with Crippen LogP contribution in [-0.4, -0.2) is 14.4 Å². The maximum absolute atomic E-state index is 13.0. The minimum atomic E-state index is -4.44. The first-order valence-corrected chi connectivity index (χ1v) is 6.48. The molecule has 0 aliphatic rings. The minimum Gasteiger partial charge on any atom is -0.393 e. The smallest absolute Gasteiger partial charge is 0.393 e. The molecule has 0 atom stereocenters. The first-order valence-electron chi connectivity index (χ1n) is 6.07. The summed E-state index contributed by atoms with van der Waals surface area (Å²) >= 11 is 4.87. The van der Waals surface area contributed by atoms with Gasteiger partial charge in [-0.05, 0) is 18.1 Å². The topological polar surface area (TPSA) is 43.3 Å². The number of alkyl halides is 3. The molecule has 0 aliphatic carbocycles. The lowest BCUT2D eigenvalue weighted by molar-refractivity contribution is -0.136. The van der Waals surface area contributed by atoms with E-state index in [2.05, 4.69) is 4.98 Å². The molecular weight excluding hydrogens is 287 g/mol. The summed E-state index contributed by atoms with van der Waals surface area (Å²) in [7, 11) is 0. The molecule has 7 heteroatoms. The lowest BCUT2D eigenvalue weighted by Crippen LogP contribution is -2.14. The molecule has 2 rings (SSSR count). The predicted octanol–water partition coefficient (Wildman–Crippen LogP) is 3.31. The highest BCUT2D eigenvalue weighted by Crippen LogP contribution is 2.33. The van der Waals surface area contributed by atoms with Gasteiger partial charge in [0.15, 0.2) is 0 Å². The van der Waals surface area contributed by atoms with E-state index >= 15 is 0 Å². The molecule has 0 spiro atoms. The average molecular weight is 301 g/mol. The molecule has 0 unspecified atom stereocenters. The van der Waals surface area contributed by atoms with Crippen LogP contribution in [0.1, 0.15) is 36.7 Å². The molecule has 20 heavy (non-hydrogen) atoms. The quantitative estimate of drug-likeness (QED) is 0.885. The van der Waals surface area contributed by atoms with Crippen LogP contribution < -0.4 is 5.73 Å². The monoisotopic (exact) mass is 301 g/mol. The van der Waals surface area contributed by atoms with Crippen molar-refractivity contribution in [3.63, 3.8) is 0 Å². The number of imidazole rings is 1. The van der Waals surface area contributed by atoms with E-state index in [0.29, 0.717) is 11.4 Å². The van der Waals surface area contributed by atoms with Gasteiger partial charge in [-0.15, -0.1) is 0 Å². The first kappa shape index (κ1) is 14.8. The van der Waals surface area contributed by atoms with Gasteiger partial charge in [0.2, 0.25) is 0 Å². The average Bonchev–Trinajstić information content (AvgIpc) is 2.66. The van der Waals surface area contributed by atoms with E-state index in [-0.39, 0.29) is 23.0 Å². The Balaban J connectivity index is 2.77. The Bertz CT molecular complexity index is 659. The second kappa shape index (κ2) is 5.05. The van der Waals surface area contributed by atoms with Crippen molar-refractivity contribution in [2.24, 2.45) is 5.73 Å². The van der Waals surface area contributed by atoms with E-state index in [1.54, 1.807) is 6.20 Å². The van der Waals surface area contributed by atoms with E-state index in [1.807, 2.05) is 13.8 Å². The third-order valence-corrected chi connectivity index (χ3v) is 3.12. The Morgan fingerprint density at radius 1 is 1.45 bits per heavy atom. The zero-order chi connectivity index (χ0) is 15.1. The van der Waals surface area contributed by atoms with Gasteiger partial charge >= 0.3 is 6.18 Å². The van der Waals surface area contributed by atoms with E-state index in [9.17, 15) is 13.2 Å². The van der Waals surface area contributed by atoms with Crippen molar-refractivity contribution < 1.29 is 13.2 Å². The second-order valence-corrected chi connectivity index (χ2v) is 5.38. The molecule has 2 N–H and O–H groups in total. The van der Waals surface area contributed by atoms with Crippen molar-refractivity contribution in [1.29, 1.82) is 0 Å². The van der Waals surface area contributed by atoms with Gasteiger partial charge in [-0.2, -0.15) is 13.2 Å². The number of halogens is 3. The molecule has 0 amide bonds. The summed E-state index contributed by atoms with van der Waals surface area (Å²) in [5, 5.41) is 0. The second-order valence-electron chi connectivity index (χ2n) is 4.85. The molecule has 0 fully saturated rings. The molecule has 0 bridgehead atoms. The fourth-order valence-corrected chi connectivity index (χ4v) is 2.30. The molecule has 3 nitrogen and oxygen atoms in total. The predicted molar refractivity (Wildman–Crippen MR) is 74.8 cm³/mol. The van der Waals surface area contributed by atoms with E-state index in [0.717, 1.165) is 6.07 Å². The summed E-state index contributed by atoms with van der Waals surface area (Å²) in [5.74, 6) is -0.0136. The van der Waals surface area contributed by atoms with Gasteiger partial charge in [0, 0.05) is 12.6 Å². The zero-order valence-corrected chi connectivity index (χ0v) is 11.8. The highest BCUT2D eigenvalue weighted by atomic mass is 32.1. The molecule has 108 valence electrons. The van der Waals surface area contributed by atoms with Gasteiger partial charge < -0.3 is 10.1 Å². The molecule has 0 aliphatic heterocycles. The number of nitrogens with zero attached hydrogens (tertiary/aromatic N) is 2. The number of aromatic nitrogens is 2. The molecule has 2 heterocycles. The van der Waals surface area contributed by atoms with Crippen molar-refractivity contribution in [3.05, 3.63) is 35.3 Å². The number of hydrogen-bond donors (Lipinski definition) is 1. The Labute approximate surface area is 119 Å². The van der Waals surface area contributed by atoms with E-state index < -0.39 is 11.7 Å². The Morgan fingerprint density at radius 2 is 2.10 bits per heavy atom. The molecular formula is C13H14F3N3S. The van der Waals surface area contributed by atoms with Gasteiger partial charge in [0.1, 0.15) is 5.65 Å². The maximum Gasteiger partial charge on any atom is 0.419 e. The van der Waals surface area contributed by atoms with Crippen LogP contribution in [-0.2, 0) is 12.6 Å². The van der Waals surface area contributed by atoms with Crippen LogP contribution in [0, 0.1) is 0 Å².